The van der Waals surface area contributed by atoms with Gasteiger partial charge in [0.25, 0.3) is 0 Å². The van der Waals surface area contributed by atoms with Crippen molar-refractivity contribution in [1.29, 1.82) is 0 Å². The Morgan fingerprint density at radius 3 is 2.95 bits per heavy atom. The second-order valence-corrected chi connectivity index (χ2v) is 5.74. The fraction of sp³-hybridized carbons (Fsp3) is 0.688. The SMILES string of the molecule is CCCNc1ccnc(CN2CCN(C)C(CC)C2)c1. The van der Waals surface area contributed by atoms with Gasteiger partial charge in [-0.15, -0.1) is 0 Å². The Bertz CT molecular complexity index is 407. The van der Waals surface area contributed by atoms with Gasteiger partial charge in [0.05, 0.1) is 5.69 Å². The first-order valence-corrected chi connectivity index (χ1v) is 7.84. The third kappa shape index (κ3) is 4.18. The van der Waals surface area contributed by atoms with E-state index < -0.39 is 0 Å². The molecule has 1 aliphatic rings. The molecule has 1 saturated heterocycles. The van der Waals surface area contributed by atoms with Gasteiger partial charge >= 0.3 is 0 Å². The molecule has 1 atom stereocenters. The molecule has 1 aromatic rings. The first-order chi connectivity index (χ1) is 9.72. The summed E-state index contributed by atoms with van der Waals surface area (Å²) in [7, 11) is 2.24. The van der Waals surface area contributed by atoms with Crippen molar-refractivity contribution >= 4 is 5.69 Å². The van der Waals surface area contributed by atoms with E-state index in [9.17, 15) is 0 Å². The van der Waals surface area contributed by atoms with Gasteiger partial charge in [0.15, 0.2) is 0 Å². The second kappa shape index (κ2) is 7.60. The standard InChI is InChI=1S/C16H28N4/c1-4-7-17-14-6-8-18-15(11-14)12-20-10-9-19(3)16(5-2)13-20/h6,8,11,16H,4-5,7,9-10,12-13H2,1-3H3,(H,17,18). The van der Waals surface area contributed by atoms with Gasteiger partial charge in [-0.05, 0) is 32.0 Å². The van der Waals surface area contributed by atoms with Crippen molar-refractivity contribution in [2.24, 2.45) is 0 Å². The number of nitrogens with zero attached hydrogens (tertiary/aromatic N) is 3. The average Bonchev–Trinajstić information content (AvgIpc) is 2.47. The van der Waals surface area contributed by atoms with Crippen molar-refractivity contribution in [3.63, 3.8) is 0 Å². The van der Waals surface area contributed by atoms with Gasteiger partial charge in [0, 0.05) is 50.6 Å². The maximum Gasteiger partial charge on any atom is 0.0564 e. The normalized spacial score (nSPS) is 21.1. The zero-order valence-corrected chi connectivity index (χ0v) is 13.1. The van der Waals surface area contributed by atoms with Crippen molar-refractivity contribution < 1.29 is 0 Å². The van der Waals surface area contributed by atoms with Crippen LogP contribution in [0.3, 0.4) is 0 Å². The van der Waals surface area contributed by atoms with Crippen LogP contribution < -0.4 is 5.32 Å². The number of hydrogen-bond donors (Lipinski definition) is 1. The Morgan fingerprint density at radius 2 is 2.20 bits per heavy atom. The number of likely N-dealkylation sites (N-methyl/N-ethyl adjacent to an activating group) is 1. The van der Waals surface area contributed by atoms with Gasteiger partial charge in [-0.25, -0.2) is 0 Å². The quantitative estimate of drug-likeness (QED) is 0.864. The van der Waals surface area contributed by atoms with Crippen LogP contribution in [-0.2, 0) is 6.54 Å². The minimum atomic E-state index is 0.685. The Hall–Kier alpha value is -1.13. The minimum absolute atomic E-state index is 0.685. The van der Waals surface area contributed by atoms with Crippen LogP contribution in [0.15, 0.2) is 18.3 Å². The molecule has 4 heteroatoms. The zero-order valence-electron chi connectivity index (χ0n) is 13.1. The number of aromatic nitrogens is 1. The van der Waals surface area contributed by atoms with E-state index in [2.05, 4.69) is 53.1 Å². The number of rotatable bonds is 6. The largest absolute Gasteiger partial charge is 0.385 e. The highest BCUT2D eigenvalue weighted by Crippen LogP contribution is 2.15. The smallest absolute Gasteiger partial charge is 0.0564 e. The molecule has 1 aliphatic heterocycles. The number of hydrogen-bond acceptors (Lipinski definition) is 4. The Morgan fingerprint density at radius 1 is 1.35 bits per heavy atom. The summed E-state index contributed by atoms with van der Waals surface area (Å²) in [6, 6.07) is 4.93. The highest BCUT2D eigenvalue weighted by molar-refractivity contribution is 5.43. The molecule has 112 valence electrons. The Labute approximate surface area is 123 Å². The van der Waals surface area contributed by atoms with E-state index in [0.29, 0.717) is 6.04 Å². The fourth-order valence-corrected chi connectivity index (χ4v) is 2.77. The molecule has 0 radical (unpaired) electrons. The summed E-state index contributed by atoms with van der Waals surface area (Å²) in [4.78, 5) is 9.52. The monoisotopic (exact) mass is 276 g/mol. The number of piperazine rings is 1. The predicted molar refractivity (Wildman–Crippen MR) is 85.0 cm³/mol. The molecule has 4 nitrogen and oxygen atoms in total. The van der Waals surface area contributed by atoms with E-state index in [1.54, 1.807) is 0 Å². The molecule has 0 aromatic carbocycles. The molecular weight excluding hydrogens is 248 g/mol. The lowest BCUT2D eigenvalue weighted by atomic mass is 10.1. The van der Waals surface area contributed by atoms with Gasteiger partial charge < -0.3 is 10.2 Å². The van der Waals surface area contributed by atoms with E-state index in [0.717, 1.165) is 39.1 Å². The molecule has 0 aliphatic carbocycles. The van der Waals surface area contributed by atoms with Crippen molar-refractivity contribution in [3.05, 3.63) is 24.0 Å². The van der Waals surface area contributed by atoms with Gasteiger partial charge in [0.2, 0.25) is 0 Å². The molecule has 1 aromatic heterocycles. The topological polar surface area (TPSA) is 31.4 Å². The second-order valence-electron chi connectivity index (χ2n) is 5.74. The van der Waals surface area contributed by atoms with Crippen molar-refractivity contribution in [2.75, 3.05) is 38.5 Å². The van der Waals surface area contributed by atoms with Gasteiger partial charge in [-0.1, -0.05) is 13.8 Å². The molecule has 0 amide bonds. The molecule has 1 unspecified atom stereocenters. The summed E-state index contributed by atoms with van der Waals surface area (Å²) < 4.78 is 0. The van der Waals surface area contributed by atoms with Crippen LogP contribution in [0.5, 0.6) is 0 Å². The molecule has 2 rings (SSSR count). The Balaban J connectivity index is 1.92. The number of pyridine rings is 1. The van der Waals surface area contributed by atoms with Gasteiger partial charge in [0.1, 0.15) is 0 Å². The molecule has 20 heavy (non-hydrogen) atoms. The van der Waals surface area contributed by atoms with Crippen LogP contribution >= 0.6 is 0 Å². The van der Waals surface area contributed by atoms with E-state index >= 15 is 0 Å². The summed E-state index contributed by atoms with van der Waals surface area (Å²) in [5, 5.41) is 3.43. The fourth-order valence-electron chi connectivity index (χ4n) is 2.77. The van der Waals surface area contributed by atoms with Crippen LogP contribution in [0.4, 0.5) is 5.69 Å². The highest BCUT2D eigenvalue weighted by atomic mass is 15.3. The Kier molecular flexibility index (Phi) is 5.80. The van der Waals surface area contributed by atoms with E-state index in [1.807, 2.05) is 6.20 Å². The number of nitrogens with one attached hydrogen (secondary N) is 1. The van der Waals surface area contributed by atoms with Crippen molar-refractivity contribution in [1.82, 2.24) is 14.8 Å². The first-order valence-electron chi connectivity index (χ1n) is 7.84. The van der Waals surface area contributed by atoms with E-state index in [1.165, 1.54) is 17.8 Å². The lowest BCUT2D eigenvalue weighted by Crippen LogP contribution is -2.50. The van der Waals surface area contributed by atoms with Gasteiger partial charge in [-0.3, -0.25) is 9.88 Å². The van der Waals surface area contributed by atoms with Crippen molar-refractivity contribution in [3.8, 4) is 0 Å². The minimum Gasteiger partial charge on any atom is -0.385 e. The summed E-state index contributed by atoms with van der Waals surface area (Å²) in [5.74, 6) is 0. The highest BCUT2D eigenvalue weighted by Gasteiger charge is 2.22. The van der Waals surface area contributed by atoms with Crippen LogP contribution in [0.1, 0.15) is 32.4 Å². The molecular formula is C16H28N4. The van der Waals surface area contributed by atoms with E-state index in [4.69, 9.17) is 0 Å². The van der Waals surface area contributed by atoms with Crippen molar-refractivity contribution in [2.45, 2.75) is 39.3 Å². The summed E-state index contributed by atoms with van der Waals surface area (Å²) in [6.45, 7) is 9.90. The maximum absolute atomic E-state index is 4.52. The van der Waals surface area contributed by atoms with Crippen LogP contribution in [0.25, 0.3) is 0 Å². The molecule has 0 bridgehead atoms. The molecule has 1 fully saturated rings. The number of anilines is 1. The predicted octanol–water partition coefficient (Wildman–Crippen LogP) is 2.43. The third-order valence-electron chi connectivity index (χ3n) is 4.11. The summed E-state index contributed by atoms with van der Waals surface area (Å²) in [5.41, 5.74) is 2.36. The molecule has 0 spiro atoms. The van der Waals surface area contributed by atoms with Gasteiger partial charge in [-0.2, -0.15) is 0 Å². The summed E-state index contributed by atoms with van der Waals surface area (Å²) in [6.07, 6.45) is 4.29. The molecule has 0 saturated carbocycles. The first kappa shape index (κ1) is 15.3. The third-order valence-corrected chi connectivity index (χ3v) is 4.11. The lowest BCUT2D eigenvalue weighted by molar-refractivity contribution is 0.0875. The van der Waals surface area contributed by atoms with Crippen LogP contribution in [-0.4, -0.2) is 54.1 Å². The maximum atomic E-state index is 4.52. The lowest BCUT2D eigenvalue weighted by Gasteiger charge is -2.39. The average molecular weight is 276 g/mol. The summed E-state index contributed by atoms with van der Waals surface area (Å²) >= 11 is 0. The van der Waals surface area contributed by atoms with Crippen LogP contribution in [0, 0.1) is 0 Å². The zero-order chi connectivity index (χ0) is 14.4. The molecule has 1 N–H and O–H groups in total. The molecule has 2 heterocycles. The van der Waals surface area contributed by atoms with E-state index in [-0.39, 0.29) is 0 Å². The van der Waals surface area contributed by atoms with Crippen LogP contribution in [0.2, 0.25) is 0 Å².